The smallest absolute Gasteiger partial charge is 0.329 e. The Morgan fingerprint density at radius 2 is 1.85 bits per heavy atom. The number of hydrogen-bond acceptors (Lipinski definition) is 5. The molecule has 1 amide bonds. The van der Waals surface area contributed by atoms with E-state index in [9.17, 15) is 4.79 Å². The minimum atomic E-state index is 0.120. The van der Waals surface area contributed by atoms with E-state index in [1.54, 1.807) is 35.3 Å². The molecule has 2 aromatic carbocycles. The van der Waals surface area contributed by atoms with Crippen molar-refractivity contribution in [2.75, 3.05) is 17.7 Å². The van der Waals surface area contributed by atoms with Crippen molar-refractivity contribution in [1.29, 1.82) is 0 Å². The molecule has 2 heterocycles. The number of carbonyl (C=O) groups excluding carboxylic acids is 1. The van der Waals surface area contributed by atoms with Crippen molar-refractivity contribution in [3.63, 3.8) is 0 Å². The van der Waals surface area contributed by atoms with Gasteiger partial charge in [-0.3, -0.25) is 0 Å². The van der Waals surface area contributed by atoms with Gasteiger partial charge in [-0.1, -0.05) is 47.8 Å². The van der Waals surface area contributed by atoms with Gasteiger partial charge in [0.25, 0.3) is 4.38 Å². The van der Waals surface area contributed by atoms with E-state index in [1.807, 2.05) is 17.8 Å². The standard InChI is InChI=1S/C20H18IN2OS3/c1-3-22-18(24)17(27-20(22)25-2)19-23(12-13-8-10-14(21)11-9-13)15-6-4-5-7-16(15)26-19/h4-11H,3,12H2,1-2H3/q+1. The molecule has 7 heteroatoms. The SMILES string of the molecule is CC[N+]1=C(SC)SC(=C2Sc3ccccc3N2Cc2ccc(I)cc2)C1=O. The number of amides is 1. The monoisotopic (exact) mass is 525 g/mol. The molecule has 0 aliphatic carbocycles. The second-order valence-electron chi connectivity index (χ2n) is 6.04. The van der Waals surface area contributed by atoms with Crippen LogP contribution in [0.25, 0.3) is 0 Å². The third kappa shape index (κ3) is 3.71. The number of hydrogen-bond donors (Lipinski definition) is 0. The second kappa shape index (κ2) is 8.23. The van der Waals surface area contributed by atoms with Crippen LogP contribution in [0.1, 0.15) is 12.5 Å². The van der Waals surface area contributed by atoms with Crippen LogP contribution in [0, 0.1) is 3.57 Å². The summed E-state index contributed by atoms with van der Waals surface area (Å²) in [7, 11) is 0. The maximum atomic E-state index is 13.1. The van der Waals surface area contributed by atoms with Crippen LogP contribution in [-0.2, 0) is 11.3 Å². The van der Waals surface area contributed by atoms with Crippen LogP contribution in [0.4, 0.5) is 5.69 Å². The van der Waals surface area contributed by atoms with Gasteiger partial charge in [-0.2, -0.15) is 0 Å². The summed E-state index contributed by atoms with van der Waals surface area (Å²) in [5.41, 5.74) is 2.42. The first-order valence-electron chi connectivity index (χ1n) is 8.56. The fourth-order valence-electron chi connectivity index (χ4n) is 3.08. The van der Waals surface area contributed by atoms with Gasteiger partial charge in [-0.15, -0.1) is 4.58 Å². The number of halogens is 1. The Morgan fingerprint density at radius 1 is 1.11 bits per heavy atom. The van der Waals surface area contributed by atoms with Gasteiger partial charge in [0.15, 0.2) is 11.4 Å². The van der Waals surface area contributed by atoms with E-state index in [4.69, 9.17) is 0 Å². The van der Waals surface area contributed by atoms with Gasteiger partial charge in [0.2, 0.25) is 0 Å². The van der Waals surface area contributed by atoms with Crippen molar-refractivity contribution in [1.82, 2.24) is 0 Å². The van der Waals surface area contributed by atoms with Crippen LogP contribution in [0.2, 0.25) is 0 Å². The highest BCUT2D eigenvalue weighted by molar-refractivity contribution is 14.1. The molecule has 0 aromatic heterocycles. The average molecular weight is 525 g/mol. The predicted octanol–water partition coefficient (Wildman–Crippen LogP) is 5.60. The molecule has 2 aromatic rings. The summed E-state index contributed by atoms with van der Waals surface area (Å²) in [6, 6.07) is 17.0. The largest absolute Gasteiger partial charge is 0.430 e. The van der Waals surface area contributed by atoms with Crippen LogP contribution in [-0.4, -0.2) is 27.7 Å². The summed E-state index contributed by atoms with van der Waals surface area (Å²) in [6.07, 6.45) is 2.03. The number of nitrogens with zero attached hydrogens (tertiary/aromatic N) is 2. The maximum absolute atomic E-state index is 13.1. The van der Waals surface area contributed by atoms with Crippen LogP contribution in [0.5, 0.6) is 0 Å². The molecular formula is C20H18IN2OS3+. The number of likely N-dealkylation sites (N-methyl/N-ethyl adjacent to an activating group) is 1. The minimum Gasteiger partial charge on any atom is -0.329 e. The third-order valence-electron chi connectivity index (χ3n) is 4.40. The minimum absolute atomic E-state index is 0.120. The van der Waals surface area contributed by atoms with E-state index < -0.39 is 0 Å². The molecule has 0 fully saturated rings. The molecule has 0 saturated carbocycles. The normalized spacial score (nSPS) is 19.2. The molecule has 4 rings (SSSR count). The lowest BCUT2D eigenvalue weighted by Crippen LogP contribution is -2.22. The lowest BCUT2D eigenvalue weighted by atomic mass is 10.2. The van der Waals surface area contributed by atoms with Crippen LogP contribution >= 0.6 is 57.9 Å². The third-order valence-corrected chi connectivity index (χ3v) is 8.71. The molecule has 0 saturated heterocycles. The summed E-state index contributed by atoms with van der Waals surface area (Å²) < 4.78 is 4.17. The van der Waals surface area contributed by atoms with Gasteiger partial charge in [0, 0.05) is 26.8 Å². The number of benzene rings is 2. The van der Waals surface area contributed by atoms with E-state index in [0.717, 1.165) is 20.9 Å². The zero-order chi connectivity index (χ0) is 19.0. The summed E-state index contributed by atoms with van der Waals surface area (Å²) in [4.78, 5) is 17.4. The number of para-hydroxylation sites is 1. The molecule has 27 heavy (non-hydrogen) atoms. The number of carbonyl (C=O) groups is 1. The van der Waals surface area contributed by atoms with Crippen molar-refractivity contribution in [2.24, 2.45) is 0 Å². The molecule has 0 bridgehead atoms. The number of fused-ring (bicyclic) bond motifs is 1. The molecule has 2 aliphatic heterocycles. The Balaban J connectivity index is 1.76. The highest BCUT2D eigenvalue weighted by Gasteiger charge is 2.42. The van der Waals surface area contributed by atoms with Crippen molar-refractivity contribution in [3.8, 4) is 0 Å². The predicted molar refractivity (Wildman–Crippen MR) is 127 cm³/mol. The van der Waals surface area contributed by atoms with Crippen LogP contribution in [0.15, 0.2) is 63.4 Å². The molecule has 0 N–H and O–H groups in total. The molecule has 138 valence electrons. The van der Waals surface area contributed by atoms with Gasteiger partial charge < -0.3 is 4.90 Å². The van der Waals surface area contributed by atoms with Gasteiger partial charge in [-0.25, -0.2) is 4.79 Å². The highest BCUT2D eigenvalue weighted by Crippen LogP contribution is 2.51. The first-order chi connectivity index (χ1) is 13.1. The Labute approximate surface area is 185 Å². The number of rotatable bonds is 3. The first kappa shape index (κ1) is 19.4. The summed E-state index contributed by atoms with van der Waals surface area (Å²) >= 11 is 7.28. The van der Waals surface area contributed by atoms with Crippen LogP contribution < -0.4 is 4.90 Å². The van der Waals surface area contributed by atoms with Gasteiger partial charge in [-0.05, 0) is 65.6 Å². The second-order valence-corrected chi connectivity index (χ2v) is 10.4. The molecule has 0 radical (unpaired) electrons. The molecule has 3 nitrogen and oxygen atoms in total. The number of anilines is 1. The zero-order valence-corrected chi connectivity index (χ0v) is 19.5. The Kier molecular flexibility index (Phi) is 5.92. The summed E-state index contributed by atoms with van der Waals surface area (Å²) in [5, 5.41) is 1.05. The Morgan fingerprint density at radius 3 is 2.52 bits per heavy atom. The Hall–Kier alpha value is -0.900. The molecular weight excluding hydrogens is 507 g/mol. The van der Waals surface area contributed by atoms with Crippen molar-refractivity contribution in [2.45, 2.75) is 18.4 Å². The highest BCUT2D eigenvalue weighted by atomic mass is 127. The average Bonchev–Trinajstić information content (AvgIpc) is 3.20. The van der Waals surface area contributed by atoms with E-state index in [1.165, 1.54) is 19.7 Å². The number of thioether (sulfide) groups is 3. The van der Waals surface area contributed by atoms with Gasteiger partial charge >= 0.3 is 5.91 Å². The quantitative estimate of drug-likeness (QED) is 0.295. The molecule has 0 spiro atoms. The van der Waals surface area contributed by atoms with Crippen molar-refractivity contribution >= 4 is 73.8 Å². The van der Waals surface area contributed by atoms with E-state index in [2.05, 4.69) is 76.0 Å². The lowest BCUT2D eigenvalue weighted by Gasteiger charge is -2.21. The van der Waals surface area contributed by atoms with Crippen molar-refractivity contribution in [3.05, 3.63) is 67.6 Å². The fraction of sp³-hybridized carbons (Fsp3) is 0.200. The van der Waals surface area contributed by atoms with E-state index >= 15 is 0 Å². The van der Waals surface area contributed by atoms with Crippen LogP contribution in [0.3, 0.4) is 0 Å². The van der Waals surface area contributed by atoms with E-state index in [-0.39, 0.29) is 5.91 Å². The lowest BCUT2D eigenvalue weighted by molar-refractivity contribution is -0.433. The Bertz CT molecular complexity index is 969. The maximum Gasteiger partial charge on any atom is 0.430 e. The van der Waals surface area contributed by atoms with Crippen molar-refractivity contribution < 1.29 is 9.37 Å². The van der Waals surface area contributed by atoms with Gasteiger partial charge in [0.05, 0.1) is 5.69 Å². The topological polar surface area (TPSA) is 23.3 Å². The van der Waals surface area contributed by atoms with Gasteiger partial charge in [0.1, 0.15) is 5.03 Å². The first-order valence-corrected chi connectivity index (χ1v) is 12.5. The molecule has 0 unspecified atom stereocenters. The zero-order valence-electron chi connectivity index (χ0n) is 14.9. The molecule has 2 aliphatic rings. The fourth-order valence-corrected chi connectivity index (χ4v) is 6.69. The molecule has 0 atom stereocenters. The summed E-state index contributed by atoms with van der Waals surface area (Å²) in [6.45, 7) is 3.49. The summed E-state index contributed by atoms with van der Waals surface area (Å²) in [5.74, 6) is 0.120. The van der Waals surface area contributed by atoms with E-state index in [0.29, 0.717) is 6.54 Å².